The van der Waals surface area contributed by atoms with Crippen LogP contribution in [0.25, 0.3) is 0 Å². The molecule has 0 aromatic heterocycles. The van der Waals surface area contributed by atoms with Gasteiger partial charge in [0, 0.05) is 13.1 Å². The number of para-hydroxylation sites is 3. The summed E-state index contributed by atoms with van der Waals surface area (Å²) in [4.78, 5) is 14.6. The molecule has 1 fully saturated rings. The fourth-order valence-electron chi connectivity index (χ4n) is 2.96. The minimum atomic E-state index is -0.249. The van der Waals surface area contributed by atoms with E-state index >= 15 is 0 Å². The van der Waals surface area contributed by atoms with Gasteiger partial charge in [0.2, 0.25) is 5.75 Å². The highest BCUT2D eigenvalue weighted by Crippen LogP contribution is 2.36. The van der Waals surface area contributed by atoms with Crippen LogP contribution in [0.4, 0.5) is 11.4 Å². The molecule has 144 valence electrons. The van der Waals surface area contributed by atoms with Gasteiger partial charge in [0.15, 0.2) is 18.1 Å². The normalized spacial score (nSPS) is 13.8. The monoisotopic (exact) mass is 372 g/mol. The van der Waals surface area contributed by atoms with Crippen molar-refractivity contribution in [2.45, 2.75) is 0 Å². The third-order valence-electron chi connectivity index (χ3n) is 4.26. The smallest absolute Gasteiger partial charge is 0.262 e. The molecule has 1 amide bonds. The summed E-state index contributed by atoms with van der Waals surface area (Å²) >= 11 is 0. The van der Waals surface area contributed by atoms with Gasteiger partial charge in [-0.25, -0.2) is 0 Å². The molecule has 1 N–H and O–H groups in total. The predicted molar refractivity (Wildman–Crippen MR) is 103 cm³/mol. The Kier molecular flexibility index (Phi) is 6.38. The topological polar surface area (TPSA) is 69.3 Å². The molecule has 0 bridgehead atoms. The van der Waals surface area contributed by atoms with Crippen LogP contribution in [0, 0.1) is 0 Å². The first kappa shape index (κ1) is 18.8. The molecule has 0 atom stereocenters. The molecule has 1 aliphatic rings. The van der Waals surface area contributed by atoms with Gasteiger partial charge in [0.05, 0.1) is 38.8 Å². The highest BCUT2D eigenvalue weighted by atomic mass is 16.5. The van der Waals surface area contributed by atoms with Gasteiger partial charge in [0.25, 0.3) is 5.91 Å². The van der Waals surface area contributed by atoms with E-state index in [1.165, 1.54) is 7.11 Å². The number of morpholine rings is 1. The highest BCUT2D eigenvalue weighted by Gasteiger charge is 2.17. The Morgan fingerprint density at radius 1 is 1.04 bits per heavy atom. The van der Waals surface area contributed by atoms with Gasteiger partial charge in [-0.2, -0.15) is 0 Å². The molecule has 0 unspecified atom stereocenters. The number of amides is 1. The summed E-state index contributed by atoms with van der Waals surface area (Å²) in [5, 5.41) is 2.93. The molecule has 7 heteroatoms. The van der Waals surface area contributed by atoms with Gasteiger partial charge < -0.3 is 29.2 Å². The number of anilines is 2. The van der Waals surface area contributed by atoms with Gasteiger partial charge in [0.1, 0.15) is 0 Å². The van der Waals surface area contributed by atoms with Crippen molar-refractivity contribution in [2.24, 2.45) is 0 Å². The van der Waals surface area contributed by atoms with Crippen LogP contribution in [0.15, 0.2) is 42.5 Å². The quantitative estimate of drug-likeness (QED) is 0.806. The van der Waals surface area contributed by atoms with E-state index in [1.54, 1.807) is 25.3 Å². The number of methoxy groups -OCH3 is 2. The number of carbonyl (C=O) groups excluding carboxylic acids is 1. The maximum atomic E-state index is 12.4. The van der Waals surface area contributed by atoms with Gasteiger partial charge >= 0.3 is 0 Å². The van der Waals surface area contributed by atoms with E-state index in [2.05, 4.69) is 10.2 Å². The van der Waals surface area contributed by atoms with Crippen molar-refractivity contribution in [3.63, 3.8) is 0 Å². The Balaban J connectivity index is 1.65. The van der Waals surface area contributed by atoms with E-state index in [9.17, 15) is 4.79 Å². The SMILES string of the molecule is COc1cccc(OCC(=O)Nc2ccccc2N2CCOCC2)c1OC. The van der Waals surface area contributed by atoms with Crippen molar-refractivity contribution in [1.29, 1.82) is 0 Å². The first-order valence-corrected chi connectivity index (χ1v) is 8.78. The molecular formula is C20H24N2O5. The Hall–Kier alpha value is -2.93. The maximum absolute atomic E-state index is 12.4. The Labute approximate surface area is 158 Å². The number of nitrogens with zero attached hydrogens (tertiary/aromatic N) is 1. The molecule has 1 saturated heterocycles. The number of benzene rings is 2. The third-order valence-corrected chi connectivity index (χ3v) is 4.26. The lowest BCUT2D eigenvalue weighted by molar-refractivity contribution is -0.118. The molecule has 0 aliphatic carbocycles. The molecule has 0 radical (unpaired) electrons. The van der Waals surface area contributed by atoms with Crippen LogP contribution in [0.5, 0.6) is 17.2 Å². The van der Waals surface area contributed by atoms with Crippen LogP contribution in [0.1, 0.15) is 0 Å². The van der Waals surface area contributed by atoms with Crippen molar-refractivity contribution in [1.82, 2.24) is 0 Å². The first-order valence-electron chi connectivity index (χ1n) is 8.78. The minimum Gasteiger partial charge on any atom is -0.493 e. The molecule has 0 saturated carbocycles. The van der Waals surface area contributed by atoms with Crippen LogP contribution in [0.2, 0.25) is 0 Å². The van der Waals surface area contributed by atoms with Crippen LogP contribution in [-0.2, 0) is 9.53 Å². The van der Waals surface area contributed by atoms with Gasteiger partial charge in [-0.3, -0.25) is 4.79 Å². The minimum absolute atomic E-state index is 0.138. The number of rotatable bonds is 7. The second-order valence-corrected chi connectivity index (χ2v) is 5.95. The van der Waals surface area contributed by atoms with Gasteiger partial charge in [-0.05, 0) is 24.3 Å². The fraction of sp³-hybridized carbons (Fsp3) is 0.350. The second-order valence-electron chi connectivity index (χ2n) is 5.95. The summed E-state index contributed by atoms with van der Waals surface area (Å²) in [7, 11) is 3.08. The van der Waals surface area contributed by atoms with Crippen molar-refractivity contribution in [3.05, 3.63) is 42.5 Å². The molecule has 3 rings (SSSR count). The zero-order valence-electron chi connectivity index (χ0n) is 15.6. The Bertz CT molecular complexity index is 775. The van der Waals surface area contributed by atoms with Gasteiger partial charge in [-0.1, -0.05) is 18.2 Å². The van der Waals surface area contributed by atoms with Crippen molar-refractivity contribution in [2.75, 3.05) is 57.3 Å². The number of ether oxygens (including phenoxy) is 4. The molecule has 7 nitrogen and oxygen atoms in total. The molecule has 0 spiro atoms. The van der Waals surface area contributed by atoms with E-state index < -0.39 is 0 Å². The van der Waals surface area contributed by atoms with Crippen molar-refractivity contribution >= 4 is 17.3 Å². The lowest BCUT2D eigenvalue weighted by atomic mass is 10.2. The summed E-state index contributed by atoms with van der Waals surface area (Å²) in [6.45, 7) is 2.82. The van der Waals surface area contributed by atoms with Crippen LogP contribution >= 0.6 is 0 Å². The van der Waals surface area contributed by atoms with E-state index in [1.807, 2.05) is 24.3 Å². The van der Waals surface area contributed by atoms with E-state index in [-0.39, 0.29) is 12.5 Å². The summed E-state index contributed by atoms with van der Waals surface area (Å²) < 4.78 is 21.6. The number of hydrogen-bond donors (Lipinski definition) is 1. The summed E-state index contributed by atoms with van der Waals surface area (Å²) in [6, 6.07) is 13.0. The fourth-order valence-corrected chi connectivity index (χ4v) is 2.96. The molecule has 27 heavy (non-hydrogen) atoms. The van der Waals surface area contributed by atoms with Crippen molar-refractivity contribution in [3.8, 4) is 17.2 Å². The van der Waals surface area contributed by atoms with Crippen LogP contribution in [0.3, 0.4) is 0 Å². The third kappa shape index (κ3) is 4.62. The average molecular weight is 372 g/mol. The Morgan fingerprint density at radius 2 is 1.78 bits per heavy atom. The predicted octanol–water partition coefficient (Wildman–Crippen LogP) is 2.56. The summed E-state index contributed by atoms with van der Waals surface area (Å²) in [5.41, 5.74) is 1.73. The largest absolute Gasteiger partial charge is 0.493 e. The highest BCUT2D eigenvalue weighted by molar-refractivity contribution is 5.95. The van der Waals surface area contributed by atoms with E-state index in [0.29, 0.717) is 30.5 Å². The van der Waals surface area contributed by atoms with Crippen LogP contribution in [-0.4, -0.2) is 53.0 Å². The molecule has 2 aromatic carbocycles. The molecule has 1 heterocycles. The molecule has 1 aliphatic heterocycles. The average Bonchev–Trinajstić information content (AvgIpc) is 2.72. The molecular weight excluding hydrogens is 348 g/mol. The molecule has 2 aromatic rings. The van der Waals surface area contributed by atoms with E-state index in [0.717, 1.165) is 24.5 Å². The maximum Gasteiger partial charge on any atom is 0.262 e. The Morgan fingerprint density at radius 3 is 2.52 bits per heavy atom. The van der Waals surface area contributed by atoms with E-state index in [4.69, 9.17) is 18.9 Å². The summed E-state index contributed by atoms with van der Waals surface area (Å²) in [6.07, 6.45) is 0. The second kappa shape index (κ2) is 9.14. The summed E-state index contributed by atoms with van der Waals surface area (Å²) in [5.74, 6) is 1.21. The zero-order valence-corrected chi connectivity index (χ0v) is 15.6. The lowest BCUT2D eigenvalue weighted by Crippen LogP contribution is -2.37. The van der Waals surface area contributed by atoms with Crippen LogP contribution < -0.4 is 24.4 Å². The number of carbonyl (C=O) groups is 1. The number of hydrogen-bond acceptors (Lipinski definition) is 6. The first-order chi connectivity index (χ1) is 13.2. The van der Waals surface area contributed by atoms with Gasteiger partial charge in [-0.15, -0.1) is 0 Å². The zero-order chi connectivity index (χ0) is 19.1. The number of nitrogens with one attached hydrogen (secondary N) is 1. The standard InChI is InChI=1S/C20H24N2O5/c1-24-17-8-5-9-18(20(17)25-2)27-14-19(23)21-15-6-3-4-7-16(15)22-10-12-26-13-11-22/h3-9H,10-14H2,1-2H3,(H,21,23). The lowest BCUT2D eigenvalue weighted by Gasteiger charge is -2.30. The van der Waals surface area contributed by atoms with Crippen molar-refractivity contribution < 1.29 is 23.7 Å².